The lowest BCUT2D eigenvalue weighted by Gasteiger charge is -2.27. The SMILES string of the molecule is C=CC1C(c2ccccc2)N(C(=O)OC(C)(C)C)C(=O)N1S(=O)(=O)c1ccc(C)cc1. The van der Waals surface area contributed by atoms with E-state index in [-0.39, 0.29) is 4.90 Å². The Balaban J connectivity index is 2.15. The summed E-state index contributed by atoms with van der Waals surface area (Å²) < 4.78 is 33.0. The number of carbonyl (C=O) groups is 2. The maximum Gasteiger partial charge on any atom is 0.419 e. The van der Waals surface area contributed by atoms with Crippen molar-refractivity contribution < 1.29 is 22.7 Å². The molecule has 2 unspecified atom stereocenters. The van der Waals surface area contributed by atoms with Crippen molar-refractivity contribution in [3.8, 4) is 0 Å². The third-order valence-electron chi connectivity index (χ3n) is 4.82. The second kappa shape index (κ2) is 8.19. The lowest BCUT2D eigenvalue weighted by molar-refractivity contribution is 0.0291. The molecule has 1 heterocycles. The van der Waals surface area contributed by atoms with Gasteiger partial charge >= 0.3 is 12.1 Å². The van der Waals surface area contributed by atoms with E-state index in [1.165, 1.54) is 18.2 Å². The maximum atomic E-state index is 13.4. The standard InChI is InChI=1S/C23H26N2O5S/c1-6-19-20(17-10-8-7-9-11-17)24(22(27)30-23(3,4)5)21(26)25(19)31(28,29)18-14-12-16(2)13-15-18/h6-15,19-20H,1H2,2-5H3. The Morgan fingerprint density at radius 1 is 1.06 bits per heavy atom. The molecule has 1 aliphatic rings. The molecular weight excluding hydrogens is 416 g/mol. The summed E-state index contributed by atoms with van der Waals surface area (Å²) in [5, 5.41) is 0. The number of hydrogen-bond donors (Lipinski definition) is 0. The van der Waals surface area contributed by atoms with E-state index >= 15 is 0 Å². The third kappa shape index (κ3) is 4.34. The molecule has 31 heavy (non-hydrogen) atoms. The zero-order valence-corrected chi connectivity index (χ0v) is 18.8. The second-order valence-electron chi connectivity index (χ2n) is 8.33. The van der Waals surface area contributed by atoms with Crippen LogP contribution in [0.15, 0.2) is 72.1 Å². The lowest BCUT2D eigenvalue weighted by atomic mass is 10.00. The van der Waals surface area contributed by atoms with Crippen molar-refractivity contribution in [1.82, 2.24) is 9.21 Å². The van der Waals surface area contributed by atoms with E-state index in [2.05, 4.69) is 6.58 Å². The smallest absolute Gasteiger partial charge is 0.419 e. The number of aryl methyl sites for hydroxylation is 1. The van der Waals surface area contributed by atoms with Gasteiger partial charge in [0, 0.05) is 0 Å². The number of carbonyl (C=O) groups excluding carboxylic acids is 2. The van der Waals surface area contributed by atoms with Gasteiger partial charge < -0.3 is 4.74 Å². The van der Waals surface area contributed by atoms with Crippen LogP contribution in [0, 0.1) is 6.92 Å². The van der Waals surface area contributed by atoms with Gasteiger partial charge in [-0.05, 0) is 45.4 Å². The van der Waals surface area contributed by atoms with Gasteiger partial charge in [0.2, 0.25) is 0 Å². The lowest BCUT2D eigenvalue weighted by Crippen LogP contribution is -2.42. The molecule has 1 fully saturated rings. The molecular formula is C23H26N2O5S. The minimum Gasteiger partial charge on any atom is -0.443 e. The van der Waals surface area contributed by atoms with Crippen LogP contribution in [0.25, 0.3) is 0 Å². The first kappa shape index (κ1) is 22.6. The zero-order valence-electron chi connectivity index (χ0n) is 18.0. The van der Waals surface area contributed by atoms with E-state index in [1.807, 2.05) is 6.92 Å². The van der Waals surface area contributed by atoms with E-state index in [0.717, 1.165) is 10.5 Å². The molecule has 0 aliphatic carbocycles. The molecule has 1 aliphatic heterocycles. The molecule has 1 saturated heterocycles. The number of benzene rings is 2. The van der Waals surface area contributed by atoms with Gasteiger partial charge in [0.1, 0.15) is 5.60 Å². The molecule has 2 atom stereocenters. The highest BCUT2D eigenvalue weighted by molar-refractivity contribution is 7.89. The van der Waals surface area contributed by atoms with Gasteiger partial charge in [0.25, 0.3) is 10.0 Å². The summed E-state index contributed by atoms with van der Waals surface area (Å²) in [6.07, 6.45) is 0.450. The van der Waals surface area contributed by atoms with Crippen LogP contribution in [0.3, 0.4) is 0 Å². The highest BCUT2D eigenvalue weighted by Crippen LogP contribution is 2.40. The van der Waals surface area contributed by atoms with Crippen molar-refractivity contribution in [1.29, 1.82) is 0 Å². The van der Waals surface area contributed by atoms with Crippen LogP contribution in [0.4, 0.5) is 9.59 Å². The predicted octanol–water partition coefficient (Wildman–Crippen LogP) is 4.65. The van der Waals surface area contributed by atoms with Crippen LogP contribution in [0.5, 0.6) is 0 Å². The molecule has 2 aromatic rings. The minimum atomic E-state index is -4.25. The quantitative estimate of drug-likeness (QED) is 0.644. The van der Waals surface area contributed by atoms with Gasteiger partial charge in [0.15, 0.2) is 0 Å². The van der Waals surface area contributed by atoms with E-state index in [1.54, 1.807) is 63.2 Å². The first-order valence-corrected chi connectivity index (χ1v) is 11.3. The van der Waals surface area contributed by atoms with Gasteiger partial charge in [-0.15, -0.1) is 6.58 Å². The molecule has 3 rings (SSSR count). The van der Waals surface area contributed by atoms with Crippen molar-refractivity contribution in [3.63, 3.8) is 0 Å². The number of amides is 3. The number of urea groups is 1. The number of imide groups is 1. The molecule has 0 aromatic heterocycles. The van der Waals surface area contributed by atoms with Gasteiger partial charge in [-0.3, -0.25) is 0 Å². The monoisotopic (exact) mass is 442 g/mol. The van der Waals surface area contributed by atoms with Crippen LogP contribution in [-0.2, 0) is 14.8 Å². The molecule has 0 saturated carbocycles. The molecule has 3 amide bonds. The molecule has 0 radical (unpaired) electrons. The summed E-state index contributed by atoms with van der Waals surface area (Å²) in [5.74, 6) is 0. The number of hydrogen-bond acceptors (Lipinski definition) is 5. The van der Waals surface area contributed by atoms with Crippen molar-refractivity contribution in [2.24, 2.45) is 0 Å². The van der Waals surface area contributed by atoms with Gasteiger partial charge in [-0.25, -0.2) is 27.2 Å². The van der Waals surface area contributed by atoms with Gasteiger partial charge in [-0.1, -0.05) is 54.1 Å². The van der Waals surface area contributed by atoms with E-state index < -0.39 is 39.8 Å². The summed E-state index contributed by atoms with van der Waals surface area (Å²) >= 11 is 0. The number of rotatable bonds is 4. The Morgan fingerprint density at radius 2 is 1.65 bits per heavy atom. The summed E-state index contributed by atoms with van der Waals surface area (Å²) in [7, 11) is -4.25. The summed E-state index contributed by atoms with van der Waals surface area (Å²) in [5.41, 5.74) is 0.601. The fraction of sp³-hybridized carbons (Fsp3) is 0.304. The molecule has 0 spiro atoms. The molecule has 0 bridgehead atoms. The fourth-order valence-electron chi connectivity index (χ4n) is 3.44. The third-order valence-corrected chi connectivity index (χ3v) is 6.60. The number of sulfonamides is 1. The maximum absolute atomic E-state index is 13.4. The van der Waals surface area contributed by atoms with Crippen molar-refractivity contribution in [3.05, 3.63) is 78.4 Å². The average molecular weight is 443 g/mol. The Hall–Kier alpha value is -3.13. The van der Waals surface area contributed by atoms with Crippen LogP contribution in [0.2, 0.25) is 0 Å². The highest BCUT2D eigenvalue weighted by Gasteiger charge is 2.54. The Kier molecular flexibility index (Phi) is 5.96. The van der Waals surface area contributed by atoms with E-state index in [9.17, 15) is 18.0 Å². The van der Waals surface area contributed by atoms with E-state index in [4.69, 9.17) is 4.74 Å². The normalized spacial score (nSPS) is 19.4. The Labute approximate surface area is 183 Å². The summed E-state index contributed by atoms with van der Waals surface area (Å²) in [6, 6.07) is 12.0. The second-order valence-corrected chi connectivity index (χ2v) is 10.1. The first-order valence-electron chi connectivity index (χ1n) is 9.82. The Bertz CT molecular complexity index is 1090. The highest BCUT2D eigenvalue weighted by atomic mass is 32.2. The van der Waals surface area contributed by atoms with E-state index in [0.29, 0.717) is 9.87 Å². The molecule has 7 nitrogen and oxygen atoms in total. The zero-order chi connectivity index (χ0) is 23.0. The topological polar surface area (TPSA) is 84.0 Å². The number of ether oxygens (including phenoxy) is 1. The van der Waals surface area contributed by atoms with Crippen LogP contribution < -0.4 is 0 Å². The van der Waals surface area contributed by atoms with Crippen LogP contribution in [0.1, 0.15) is 37.9 Å². The van der Waals surface area contributed by atoms with Crippen LogP contribution >= 0.6 is 0 Å². The van der Waals surface area contributed by atoms with Crippen LogP contribution in [-0.4, -0.2) is 41.4 Å². The van der Waals surface area contributed by atoms with Gasteiger partial charge in [0.05, 0.1) is 17.0 Å². The van der Waals surface area contributed by atoms with Crippen molar-refractivity contribution in [2.75, 3.05) is 0 Å². The average Bonchev–Trinajstić information content (AvgIpc) is 3.00. The largest absolute Gasteiger partial charge is 0.443 e. The Morgan fingerprint density at radius 3 is 2.16 bits per heavy atom. The van der Waals surface area contributed by atoms with Crippen molar-refractivity contribution >= 4 is 22.1 Å². The van der Waals surface area contributed by atoms with Gasteiger partial charge in [-0.2, -0.15) is 0 Å². The molecule has 0 N–H and O–H groups in total. The van der Waals surface area contributed by atoms with Crippen molar-refractivity contribution in [2.45, 2.75) is 50.3 Å². The molecule has 2 aromatic carbocycles. The number of nitrogens with zero attached hydrogens (tertiary/aromatic N) is 2. The first-order chi connectivity index (χ1) is 14.5. The summed E-state index contributed by atoms with van der Waals surface area (Å²) in [4.78, 5) is 27.2. The fourth-order valence-corrected chi connectivity index (χ4v) is 4.97. The molecule has 8 heteroatoms. The predicted molar refractivity (Wildman–Crippen MR) is 117 cm³/mol. The molecule has 164 valence electrons. The minimum absolute atomic E-state index is 0.0452. The summed E-state index contributed by atoms with van der Waals surface area (Å²) in [6.45, 7) is 10.6.